The summed E-state index contributed by atoms with van der Waals surface area (Å²) in [4.78, 5) is 18.7. The molecule has 0 aromatic carbocycles. The van der Waals surface area contributed by atoms with Crippen LogP contribution >= 0.6 is 24.8 Å². The highest BCUT2D eigenvalue weighted by Crippen LogP contribution is 2.17. The van der Waals surface area contributed by atoms with Crippen molar-refractivity contribution in [1.29, 1.82) is 0 Å². The molecule has 0 spiro atoms. The second-order valence-electron chi connectivity index (χ2n) is 5.60. The lowest BCUT2D eigenvalue weighted by Crippen LogP contribution is -2.37. The monoisotopic (exact) mass is 346 g/mol. The van der Waals surface area contributed by atoms with Crippen molar-refractivity contribution in [3.63, 3.8) is 0 Å². The van der Waals surface area contributed by atoms with Gasteiger partial charge in [0.15, 0.2) is 0 Å². The molecule has 7 heteroatoms. The lowest BCUT2D eigenvalue weighted by molar-refractivity contribution is 0.0950. The molecule has 1 unspecified atom stereocenters. The molecular formula is C15H24Cl2N4O. The van der Waals surface area contributed by atoms with Crippen LogP contribution in [-0.2, 0) is 0 Å². The van der Waals surface area contributed by atoms with Gasteiger partial charge in [-0.25, -0.2) is 4.98 Å². The first-order chi connectivity index (χ1) is 9.83. The average molecular weight is 347 g/mol. The van der Waals surface area contributed by atoms with Crippen LogP contribution < -0.4 is 15.5 Å². The molecule has 22 heavy (non-hydrogen) atoms. The smallest absolute Gasteiger partial charge is 0.252 e. The highest BCUT2D eigenvalue weighted by Gasteiger charge is 2.16. The van der Waals surface area contributed by atoms with Gasteiger partial charge in [0.2, 0.25) is 0 Å². The molecule has 0 saturated carbocycles. The Bertz CT molecular complexity index is 457. The van der Waals surface area contributed by atoms with Crippen molar-refractivity contribution in [1.82, 2.24) is 15.6 Å². The number of anilines is 1. The number of halogens is 2. The number of nitrogens with zero attached hydrogens (tertiary/aromatic N) is 2. The number of pyridine rings is 1. The molecule has 0 bridgehead atoms. The Kier molecular flexibility index (Phi) is 7.93. The summed E-state index contributed by atoms with van der Waals surface area (Å²) in [6, 6.07) is 4.25. The number of hydrogen-bond acceptors (Lipinski definition) is 4. The van der Waals surface area contributed by atoms with Gasteiger partial charge in [0.05, 0.1) is 5.56 Å². The van der Waals surface area contributed by atoms with Crippen LogP contribution in [-0.4, -0.2) is 43.1 Å². The van der Waals surface area contributed by atoms with Gasteiger partial charge in [0, 0.05) is 31.9 Å². The van der Waals surface area contributed by atoms with E-state index < -0.39 is 0 Å². The van der Waals surface area contributed by atoms with Gasteiger partial charge in [-0.1, -0.05) is 0 Å². The van der Waals surface area contributed by atoms with Gasteiger partial charge < -0.3 is 15.5 Å². The summed E-state index contributed by atoms with van der Waals surface area (Å²) >= 11 is 0. The number of aromatic nitrogens is 1. The van der Waals surface area contributed by atoms with E-state index in [4.69, 9.17) is 0 Å². The number of carbonyl (C=O) groups excluding carboxylic acids is 1. The lowest BCUT2D eigenvalue weighted by Gasteiger charge is -2.16. The maximum Gasteiger partial charge on any atom is 0.252 e. The van der Waals surface area contributed by atoms with Crippen LogP contribution in [0.1, 0.15) is 36.0 Å². The minimum absolute atomic E-state index is 0. The average Bonchev–Trinajstić information content (AvgIpc) is 3.18. The van der Waals surface area contributed by atoms with Crippen molar-refractivity contribution < 1.29 is 4.79 Å². The standard InChI is InChI=1S/C15H22N4O.2ClH/c20-15(18-11-13-4-3-7-16-13)12-5-6-14(17-10-12)19-8-1-2-9-19;;/h5-6,10,13,16H,1-4,7-9,11H2,(H,18,20);2*1H. The van der Waals surface area contributed by atoms with Crippen LogP contribution in [0, 0.1) is 0 Å². The van der Waals surface area contributed by atoms with E-state index in [1.165, 1.54) is 19.3 Å². The van der Waals surface area contributed by atoms with Crippen molar-refractivity contribution in [3.8, 4) is 0 Å². The largest absolute Gasteiger partial charge is 0.357 e. The zero-order chi connectivity index (χ0) is 13.8. The second-order valence-corrected chi connectivity index (χ2v) is 5.60. The van der Waals surface area contributed by atoms with Gasteiger partial charge in [-0.05, 0) is 44.4 Å². The summed E-state index contributed by atoms with van der Waals surface area (Å²) in [6.07, 6.45) is 6.50. The van der Waals surface area contributed by atoms with E-state index in [0.717, 1.165) is 31.9 Å². The summed E-state index contributed by atoms with van der Waals surface area (Å²) < 4.78 is 0. The first kappa shape index (κ1) is 19.0. The molecule has 1 amide bonds. The zero-order valence-corrected chi connectivity index (χ0v) is 14.2. The summed E-state index contributed by atoms with van der Waals surface area (Å²) in [5.74, 6) is 0.954. The van der Waals surface area contributed by atoms with Crippen LogP contribution in [0.3, 0.4) is 0 Å². The normalized spacial score (nSPS) is 20.2. The van der Waals surface area contributed by atoms with Gasteiger partial charge >= 0.3 is 0 Å². The maximum absolute atomic E-state index is 12.0. The highest BCUT2D eigenvalue weighted by atomic mass is 35.5. The summed E-state index contributed by atoms with van der Waals surface area (Å²) in [7, 11) is 0. The molecule has 2 fully saturated rings. The summed E-state index contributed by atoms with van der Waals surface area (Å²) in [5.41, 5.74) is 0.644. The lowest BCUT2D eigenvalue weighted by atomic mass is 10.2. The van der Waals surface area contributed by atoms with Gasteiger partial charge in [0.1, 0.15) is 5.82 Å². The molecule has 2 aliphatic rings. The molecule has 2 N–H and O–H groups in total. The molecule has 1 atom stereocenters. The molecule has 3 rings (SSSR count). The molecule has 0 radical (unpaired) electrons. The molecule has 0 aliphatic carbocycles. The summed E-state index contributed by atoms with van der Waals surface area (Å²) in [6.45, 7) is 3.91. The fourth-order valence-electron chi connectivity index (χ4n) is 2.90. The Labute approximate surface area is 144 Å². The van der Waals surface area contributed by atoms with Crippen LogP contribution in [0.2, 0.25) is 0 Å². The van der Waals surface area contributed by atoms with E-state index in [9.17, 15) is 4.79 Å². The molecule has 1 aromatic rings. The second kappa shape index (κ2) is 9.18. The van der Waals surface area contributed by atoms with Crippen molar-refractivity contribution in [2.24, 2.45) is 0 Å². The quantitative estimate of drug-likeness (QED) is 0.875. The molecule has 5 nitrogen and oxygen atoms in total. The molecular weight excluding hydrogens is 323 g/mol. The van der Waals surface area contributed by atoms with Crippen molar-refractivity contribution >= 4 is 36.5 Å². The predicted octanol–water partition coefficient (Wildman–Crippen LogP) is 2.01. The predicted molar refractivity (Wildman–Crippen MR) is 93.5 cm³/mol. The van der Waals surface area contributed by atoms with Gasteiger partial charge in [-0.2, -0.15) is 0 Å². The number of carbonyl (C=O) groups is 1. The van der Waals surface area contributed by atoms with Crippen molar-refractivity contribution in [2.45, 2.75) is 31.7 Å². The van der Waals surface area contributed by atoms with Gasteiger partial charge in [-0.15, -0.1) is 24.8 Å². The van der Waals surface area contributed by atoms with Crippen LogP contribution in [0.25, 0.3) is 0 Å². The SMILES string of the molecule is Cl.Cl.O=C(NCC1CCCN1)c1ccc(N2CCCC2)nc1. The fourth-order valence-corrected chi connectivity index (χ4v) is 2.90. The van der Waals surface area contributed by atoms with Gasteiger partial charge in [-0.3, -0.25) is 4.79 Å². The van der Waals surface area contributed by atoms with Crippen molar-refractivity contribution in [3.05, 3.63) is 23.9 Å². The number of nitrogens with one attached hydrogen (secondary N) is 2. The maximum atomic E-state index is 12.0. The number of hydrogen-bond donors (Lipinski definition) is 2. The first-order valence-electron chi connectivity index (χ1n) is 7.55. The van der Waals surface area contributed by atoms with E-state index in [0.29, 0.717) is 18.2 Å². The zero-order valence-electron chi connectivity index (χ0n) is 12.6. The molecule has 124 valence electrons. The Balaban J connectivity index is 0.00000121. The Morgan fingerprint density at radius 2 is 2.05 bits per heavy atom. The third-order valence-corrected chi connectivity index (χ3v) is 4.11. The third-order valence-electron chi connectivity index (χ3n) is 4.11. The van der Waals surface area contributed by atoms with Crippen LogP contribution in [0.4, 0.5) is 5.82 Å². The molecule has 3 heterocycles. The minimum Gasteiger partial charge on any atom is -0.357 e. The number of amides is 1. The third kappa shape index (κ3) is 4.73. The van der Waals surface area contributed by atoms with Crippen LogP contribution in [0.5, 0.6) is 0 Å². The topological polar surface area (TPSA) is 57.3 Å². The van der Waals surface area contributed by atoms with Gasteiger partial charge in [0.25, 0.3) is 5.91 Å². The summed E-state index contributed by atoms with van der Waals surface area (Å²) in [5, 5.41) is 6.35. The minimum atomic E-state index is -0.0285. The molecule has 2 aliphatic heterocycles. The van der Waals surface area contributed by atoms with E-state index in [1.54, 1.807) is 6.20 Å². The van der Waals surface area contributed by atoms with E-state index in [2.05, 4.69) is 20.5 Å². The number of rotatable bonds is 4. The van der Waals surface area contributed by atoms with Crippen LogP contribution in [0.15, 0.2) is 18.3 Å². The molecule has 2 saturated heterocycles. The Morgan fingerprint density at radius 3 is 2.64 bits per heavy atom. The van der Waals surface area contributed by atoms with E-state index in [1.807, 2.05) is 12.1 Å². The highest BCUT2D eigenvalue weighted by molar-refractivity contribution is 5.94. The Morgan fingerprint density at radius 1 is 1.27 bits per heavy atom. The molecule has 1 aromatic heterocycles. The van der Waals surface area contributed by atoms with Crippen molar-refractivity contribution in [2.75, 3.05) is 31.1 Å². The van der Waals surface area contributed by atoms with E-state index >= 15 is 0 Å². The Hall–Kier alpha value is -1.04. The fraction of sp³-hybridized carbons (Fsp3) is 0.600. The van der Waals surface area contributed by atoms with E-state index in [-0.39, 0.29) is 30.7 Å². The first-order valence-corrected chi connectivity index (χ1v) is 7.55.